The smallest absolute Gasteiger partial charge is 0.408 e. The Morgan fingerprint density at radius 3 is 2.38 bits per heavy atom. The van der Waals surface area contributed by atoms with Crippen LogP contribution in [0.15, 0.2) is 24.3 Å². The second-order valence-electron chi connectivity index (χ2n) is 6.06. The second-order valence-corrected chi connectivity index (χ2v) is 6.06. The van der Waals surface area contributed by atoms with Crippen molar-refractivity contribution >= 4 is 12.1 Å². The third-order valence-electron chi connectivity index (χ3n) is 2.90. The van der Waals surface area contributed by atoms with Gasteiger partial charge in [-0.25, -0.2) is 9.59 Å². The third kappa shape index (κ3) is 7.16. The fraction of sp³-hybridized carbons (Fsp3) is 0.444. The molecule has 1 aromatic rings. The first-order valence-corrected chi connectivity index (χ1v) is 7.46. The van der Waals surface area contributed by atoms with Gasteiger partial charge in [0.05, 0.1) is 19.8 Å². The van der Waals surface area contributed by atoms with Gasteiger partial charge in [-0.2, -0.15) is 0 Å². The Bertz CT molecular complexity index is 595. The fourth-order valence-corrected chi connectivity index (χ4v) is 1.80. The quantitative estimate of drug-likeness (QED) is 0.639. The molecule has 0 spiro atoms. The number of esters is 1. The van der Waals surface area contributed by atoms with E-state index in [2.05, 4.69) is 16.0 Å². The SMILES string of the molecule is C#Cc1ccc([C@H](COCC(=O)OC)NC(=O)OC(C)(C)C)cc1. The van der Waals surface area contributed by atoms with Crippen molar-refractivity contribution in [3.8, 4) is 12.3 Å². The van der Waals surface area contributed by atoms with E-state index in [9.17, 15) is 9.59 Å². The number of nitrogens with one attached hydrogen (secondary N) is 1. The van der Waals surface area contributed by atoms with Crippen LogP contribution in [0.4, 0.5) is 4.79 Å². The average molecular weight is 333 g/mol. The van der Waals surface area contributed by atoms with Gasteiger partial charge in [0.15, 0.2) is 0 Å². The van der Waals surface area contributed by atoms with Crippen molar-refractivity contribution in [2.45, 2.75) is 32.4 Å². The molecule has 130 valence electrons. The lowest BCUT2D eigenvalue weighted by molar-refractivity contribution is -0.146. The lowest BCUT2D eigenvalue weighted by Crippen LogP contribution is -2.37. The third-order valence-corrected chi connectivity index (χ3v) is 2.90. The lowest BCUT2D eigenvalue weighted by Gasteiger charge is -2.24. The van der Waals surface area contributed by atoms with Crippen LogP contribution in [0, 0.1) is 12.3 Å². The predicted molar refractivity (Wildman–Crippen MR) is 89.3 cm³/mol. The van der Waals surface area contributed by atoms with E-state index in [0.29, 0.717) is 0 Å². The van der Waals surface area contributed by atoms with Crippen LogP contribution in [0.25, 0.3) is 0 Å². The van der Waals surface area contributed by atoms with Crippen molar-refractivity contribution in [1.82, 2.24) is 5.32 Å². The maximum Gasteiger partial charge on any atom is 0.408 e. The lowest BCUT2D eigenvalue weighted by atomic mass is 10.1. The first kappa shape index (κ1) is 19.5. The summed E-state index contributed by atoms with van der Waals surface area (Å²) in [6.45, 7) is 5.21. The number of alkyl carbamates (subject to hydrolysis) is 1. The van der Waals surface area contributed by atoms with E-state index in [1.165, 1.54) is 7.11 Å². The molecule has 1 aromatic carbocycles. The highest BCUT2D eigenvalue weighted by Crippen LogP contribution is 2.16. The molecular formula is C18H23NO5. The highest BCUT2D eigenvalue weighted by atomic mass is 16.6. The van der Waals surface area contributed by atoms with Crippen LogP contribution in [0.2, 0.25) is 0 Å². The Kier molecular flexibility index (Phi) is 7.28. The Labute approximate surface area is 142 Å². The molecule has 0 heterocycles. The minimum absolute atomic E-state index is 0.0870. The first-order chi connectivity index (χ1) is 11.2. The number of hydrogen-bond donors (Lipinski definition) is 1. The van der Waals surface area contributed by atoms with E-state index in [1.54, 1.807) is 45.0 Å². The van der Waals surface area contributed by atoms with Crippen molar-refractivity contribution in [3.05, 3.63) is 35.4 Å². The molecule has 0 aromatic heterocycles. The highest BCUT2D eigenvalue weighted by molar-refractivity contribution is 5.70. The van der Waals surface area contributed by atoms with E-state index in [4.69, 9.17) is 15.9 Å². The van der Waals surface area contributed by atoms with Gasteiger partial charge in [0, 0.05) is 5.56 Å². The molecule has 1 N–H and O–H groups in total. The van der Waals surface area contributed by atoms with E-state index >= 15 is 0 Å². The molecule has 0 saturated carbocycles. The van der Waals surface area contributed by atoms with E-state index < -0.39 is 23.7 Å². The molecule has 0 aliphatic rings. The maximum atomic E-state index is 12.0. The van der Waals surface area contributed by atoms with Crippen LogP contribution in [0.3, 0.4) is 0 Å². The van der Waals surface area contributed by atoms with E-state index in [-0.39, 0.29) is 13.2 Å². The van der Waals surface area contributed by atoms with Crippen molar-refractivity contribution in [1.29, 1.82) is 0 Å². The number of rotatable bonds is 6. The number of benzene rings is 1. The Balaban J connectivity index is 2.79. The van der Waals surface area contributed by atoms with Crippen LogP contribution >= 0.6 is 0 Å². The molecule has 0 radical (unpaired) electrons. The summed E-state index contributed by atoms with van der Waals surface area (Å²) in [6.07, 6.45) is 4.77. The Hall–Kier alpha value is -2.52. The summed E-state index contributed by atoms with van der Waals surface area (Å²) in [5, 5.41) is 2.73. The van der Waals surface area contributed by atoms with Gasteiger partial charge in [-0.05, 0) is 38.5 Å². The summed E-state index contributed by atoms with van der Waals surface area (Å²) in [5.41, 5.74) is 0.893. The summed E-state index contributed by atoms with van der Waals surface area (Å²) in [7, 11) is 1.28. The van der Waals surface area contributed by atoms with Gasteiger partial charge in [0.2, 0.25) is 0 Å². The topological polar surface area (TPSA) is 73.9 Å². The second kappa shape index (κ2) is 8.94. The molecule has 1 rings (SSSR count). The van der Waals surface area contributed by atoms with Gasteiger partial charge in [-0.3, -0.25) is 0 Å². The van der Waals surface area contributed by atoms with Crippen LogP contribution in [-0.4, -0.2) is 38.0 Å². The normalized spacial score (nSPS) is 12.0. The molecule has 0 aliphatic heterocycles. The molecule has 0 fully saturated rings. The molecule has 1 atom stereocenters. The number of hydrogen-bond acceptors (Lipinski definition) is 5. The molecule has 6 nitrogen and oxygen atoms in total. The van der Waals surface area contributed by atoms with Gasteiger partial charge < -0.3 is 19.5 Å². The standard InChI is InChI=1S/C18H23NO5/c1-6-13-7-9-14(10-8-13)15(11-23-12-16(20)22-5)19-17(21)24-18(2,3)4/h1,7-10,15H,11-12H2,2-5H3,(H,19,21)/t15-/m0/s1. The minimum atomic E-state index is -0.616. The Morgan fingerprint density at radius 2 is 1.88 bits per heavy atom. The molecule has 24 heavy (non-hydrogen) atoms. The van der Waals surface area contributed by atoms with E-state index in [1.807, 2.05) is 0 Å². The molecule has 1 amide bonds. The zero-order valence-corrected chi connectivity index (χ0v) is 14.4. The maximum absolute atomic E-state index is 12.0. The molecule has 6 heteroatoms. The number of methoxy groups -OCH3 is 1. The number of carbonyl (C=O) groups excluding carboxylic acids is 2. The van der Waals surface area contributed by atoms with Gasteiger partial charge in [0.25, 0.3) is 0 Å². The summed E-state index contributed by atoms with van der Waals surface area (Å²) in [4.78, 5) is 23.1. The number of carbonyl (C=O) groups is 2. The zero-order chi connectivity index (χ0) is 18.2. The average Bonchev–Trinajstić information content (AvgIpc) is 2.52. The summed E-state index contributed by atoms with van der Waals surface area (Å²) < 4.78 is 15.1. The minimum Gasteiger partial charge on any atom is -0.467 e. The Morgan fingerprint density at radius 1 is 1.25 bits per heavy atom. The van der Waals surface area contributed by atoms with Gasteiger partial charge in [0.1, 0.15) is 12.2 Å². The largest absolute Gasteiger partial charge is 0.467 e. The van der Waals surface area contributed by atoms with Crippen molar-refractivity contribution in [2.75, 3.05) is 20.3 Å². The van der Waals surface area contributed by atoms with E-state index in [0.717, 1.165) is 11.1 Å². The molecule has 0 saturated heterocycles. The fourth-order valence-electron chi connectivity index (χ4n) is 1.80. The van der Waals surface area contributed by atoms with Crippen molar-refractivity contribution < 1.29 is 23.8 Å². The molecule has 0 unspecified atom stereocenters. The van der Waals surface area contributed by atoms with Crippen LogP contribution in [-0.2, 0) is 19.0 Å². The summed E-state index contributed by atoms with van der Waals surface area (Å²) in [6, 6.07) is 6.62. The van der Waals surface area contributed by atoms with Crippen molar-refractivity contribution in [3.63, 3.8) is 0 Å². The van der Waals surface area contributed by atoms with Gasteiger partial charge in [-0.1, -0.05) is 18.1 Å². The summed E-state index contributed by atoms with van der Waals surface area (Å²) in [5.74, 6) is 2.03. The summed E-state index contributed by atoms with van der Waals surface area (Å²) >= 11 is 0. The number of ether oxygens (including phenoxy) is 3. The monoisotopic (exact) mass is 333 g/mol. The van der Waals surface area contributed by atoms with Gasteiger partial charge >= 0.3 is 12.1 Å². The molecule has 0 bridgehead atoms. The number of amides is 1. The highest BCUT2D eigenvalue weighted by Gasteiger charge is 2.21. The van der Waals surface area contributed by atoms with Crippen LogP contribution < -0.4 is 5.32 Å². The number of terminal acetylenes is 1. The van der Waals surface area contributed by atoms with Crippen LogP contribution in [0.5, 0.6) is 0 Å². The van der Waals surface area contributed by atoms with Gasteiger partial charge in [-0.15, -0.1) is 6.42 Å². The van der Waals surface area contributed by atoms with Crippen LogP contribution in [0.1, 0.15) is 37.9 Å². The molecular weight excluding hydrogens is 310 g/mol. The zero-order valence-electron chi connectivity index (χ0n) is 14.4. The predicted octanol–water partition coefficient (Wildman–Crippen LogP) is 2.42. The first-order valence-electron chi connectivity index (χ1n) is 7.46. The van der Waals surface area contributed by atoms with Crippen molar-refractivity contribution in [2.24, 2.45) is 0 Å². The molecule has 0 aliphatic carbocycles.